The molecule has 0 bridgehead atoms. The summed E-state index contributed by atoms with van der Waals surface area (Å²) >= 11 is 0. The fourth-order valence-electron chi connectivity index (χ4n) is 3.45. The summed E-state index contributed by atoms with van der Waals surface area (Å²) in [6.45, 7) is 3.56. The van der Waals surface area contributed by atoms with E-state index in [0.29, 0.717) is 6.54 Å². The van der Waals surface area contributed by atoms with Crippen molar-refractivity contribution < 1.29 is 10.2 Å². The standard InChI is InChI=1S/C18H25N3O2/c1-2-15-16(14-7-4-3-5-8-14)21(18(23)17(15)22)11-6-10-20-12-9-19-13-20/h7,9,12-13,22-23H,2-6,8,10-11H2,1H3. The Kier molecular flexibility index (Phi) is 4.74. The molecule has 2 aromatic heterocycles. The number of nitrogens with zero attached hydrogens (tertiary/aromatic N) is 3. The number of aryl methyl sites for hydroxylation is 1. The molecule has 124 valence electrons. The Morgan fingerprint density at radius 2 is 2.09 bits per heavy atom. The van der Waals surface area contributed by atoms with Crippen LogP contribution in [0.15, 0.2) is 24.8 Å². The van der Waals surface area contributed by atoms with Crippen molar-refractivity contribution in [2.24, 2.45) is 0 Å². The van der Waals surface area contributed by atoms with Crippen molar-refractivity contribution in [1.29, 1.82) is 0 Å². The fourth-order valence-corrected chi connectivity index (χ4v) is 3.45. The number of rotatable bonds is 6. The summed E-state index contributed by atoms with van der Waals surface area (Å²) < 4.78 is 3.92. The minimum Gasteiger partial charge on any atom is -0.503 e. The third kappa shape index (κ3) is 3.14. The van der Waals surface area contributed by atoms with Crippen LogP contribution in [0.4, 0.5) is 0 Å². The number of hydrogen-bond donors (Lipinski definition) is 2. The van der Waals surface area contributed by atoms with Crippen LogP contribution in [-0.4, -0.2) is 24.3 Å². The van der Waals surface area contributed by atoms with Gasteiger partial charge in [0.2, 0.25) is 5.88 Å². The van der Waals surface area contributed by atoms with E-state index in [9.17, 15) is 10.2 Å². The maximum atomic E-state index is 10.4. The average Bonchev–Trinajstić information content (AvgIpc) is 3.17. The Hall–Kier alpha value is -2.17. The van der Waals surface area contributed by atoms with Gasteiger partial charge < -0.3 is 19.3 Å². The molecule has 2 aromatic rings. The van der Waals surface area contributed by atoms with Gasteiger partial charge in [-0.1, -0.05) is 13.0 Å². The molecule has 0 unspecified atom stereocenters. The predicted molar refractivity (Wildman–Crippen MR) is 90.4 cm³/mol. The van der Waals surface area contributed by atoms with E-state index in [2.05, 4.69) is 11.1 Å². The Balaban J connectivity index is 1.86. The number of allylic oxidation sites excluding steroid dienone is 2. The van der Waals surface area contributed by atoms with Gasteiger partial charge in [0.25, 0.3) is 0 Å². The van der Waals surface area contributed by atoms with Crippen molar-refractivity contribution >= 4 is 5.57 Å². The molecule has 0 aromatic carbocycles. The van der Waals surface area contributed by atoms with Crippen LogP contribution in [-0.2, 0) is 19.5 Å². The molecular formula is C18H25N3O2. The van der Waals surface area contributed by atoms with E-state index in [1.807, 2.05) is 22.3 Å². The van der Waals surface area contributed by atoms with E-state index in [-0.39, 0.29) is 11.6 Å². The van der Waals surface area contributed by atoms with E-state index in [4.69, 9.17) is 0 Å². The Labute approximate surface area is 136 Å². The van der Waals surface area contributed by atoms with Gasteiger partial charge in [0.05, 0.1) is 12.0 Å². The van der Waals surface area contributed by atoms with Crippen LogP contribution < -0.4 is 0 Å². The van der Waals surface area contributed by atoms with Crippen LogP contribution in [0.1, 0.15) is 50.3 Å². The first-order valence-electron chi connectivity index (χ1n) is 8.50. The van der Waals surface area contributed by atoms with Gasteiger partial charge >= 0.3 is 0 Å². The van der Waals surface area contributed by atoms with Crippen LogP contribution in [0, 0.1) is 0 Å². The highest BCUT2D eigenvalue weighted by Crippen LogP contribution is 2.41. The molecule has 2 N–H and O–H groups in total. The van der Waals surface area contributed by atoms with E-state index in [0.717, 1.165) is 43.5 Å². The average molecular weight is 315 g/mol. The number of aromatic hydroxyl groups is 2. The van der Waals surface area contributed by atoms with Gasteiger partial charge in [-0.15, -0.1) is 0 Å². The largest absolute Gasteiger partial charge is 0.503 e. The first-order valence-corrected chi connectivity index (χ1v) is 8.50. The summed E-state index contributed by atoms with van der Waals surface area (Å²) in [5.74, 6) is 0.0607. The van der Waals surface area contributed by atoms with Crippen LogP contribution in [0.2, 0.25) is 0 Å². The lowest BCUT2D eigenvalue weighted by Gasteiger charge is -2.17. The zero-order chi connectivity index (χ0) is 16.2. The number of imidazole rings is 1. The summed E-state index contributed by atoms with van der Waals surface area (Å²) in [6, 6.07) is 0. The fraction of sp³-hybridized carbons (Fsp3) is 0.500. The number of hydrogen-bond acceptors (Lipinski definition) is 3. The molecule has 23 heavy (non-hydrogen) atoms. The van der Waals surface area contributed by atoms with Crippen molar-refractivity contribution in [2.75, 3.05) is 0 Å². The lowest BCUT2D eigenvalue weighted by Crippen LogP contribution is -2.08. The van der Waals surface area contributed by atoms with Crippen molar-refractivity contribution in [1.82, 2.24) is 14.1 Å². The second kappa shape index (κ2) is 6.94. The first-order chi connectivity index (χ1) is 11.2. The zero-order valence-electron chi connectivity index (χ0n) is 13.7. The third-order valence-electron chi connectivity index (χ3n) is 4.62. The Morgan fingerprint density at radius 1 is 1.22 bits per heavy atom. The van der Waals surface area contributed by atoms with Crippen LogP contribution in [0.3, 0.4) is 0 Å². The molecule has 3 rings (SSSR count). The molecule has 1 aliphatic rings. The van der Waals surface area contributed by atoms with E-state index >= 15 is 0 Å². The zero-order valence-corrected chi connectivity index (χ0v) is 13.7. The molecular weight excluding hydrogens is 290 g/mol. The van der Waals surface area contributed by atoms with Crippen LogP contribution >= 0.6 is 0 Å². The highest BCUT2D eigenvalue weighted by atomic mass is 16.3. The normalized spacial score (nSPS) is 14.9. The number of aromatic nitrogens is 3. The minimum absolute atomic E-state index is 0.00829. The molecule has 0 fully saturated rings. The third-order valence-corrected chi connectivity index (χ3v) is 4.62. The molecule has 2 heterocycles. The molecule has 0 atom stereocenters. The van der Waals surface area contributed by atoms with Gasteiger partial charge in [-0.2, -0.15) is 0 Å². The van der Waals surface area contributed by atoms with Crippen molar-refractivity contribution in [2.45, 2.75) is 58.5 Å². The summed E-state index contributed by atoms with van der Waals surface area (Å²) in [6.07, 6.45) is 13.9. The minimum atomic E-state index is 0.00829. The van der Waals surface area contributed by atoms with E-state index in [1.165, 1.54) is 18.4 Å². The highest BCUT2D eigenvalue weighted by molar-refractivity contribution is 5.71. The molecule has 0 amide bonds. The van der Waals surface area contributed by atoms with Gasteiger partial charge in [0.1, 0.15) is 0 Å². The summed E-state index contributed by atoms with van der Waals surface area (Å²) in [5, 5.41) is 20.7. The summed E-state index contributed by atoms with van der Waals surface area (Å²) in [4.78, 5) is 4.05. The molecule has 5 heteroatoms. The summed E-state index contributed by atoms with van der Waals surface area (Å²) in [5.41, 5.74) is 3.18. The molecule has 0 saturated heterocycles. The molecule has 1 aliphatic carbocycles. The summed E-state index contributed by atoms with van der Waals surface area (Å²) in [7, 11) is 0. The van der Waals surface area contributed by atoms with Gasteiger partial charge in [-0.3, -0.25) is 0 Å². The van der Waals surface area contributed by atoms with Crippen LogP contribution in [0.25, 0.3) is 5.57 Å². The lowest BCUT2D eigenvalue weighted by atomic mass is 9.94. The topological polar surface area (TPSA) is 63.2 Å². The monoisotopic (exact) mass is 315 g/mol. The lowest BCUT2D eigenvalue weighted by molar-refractivity contribution is 0.366. The van der Waals surface area contributed by atoms with Gasteiger partial charge in [0, 0.05) is 31.0 Å². The van der Waals surface area contributed by atoms with Crippen LogP contribution in [0.5, 0.6) is 11.6 Å². The first kappa shape index (κ1) is 15.7. The maximum Gasteiger partial charge on any atom is 0.235 e. The van der Waals surface area contributed by atoms with E-state index in [1.54, 1.807) is 12.5 Å². The van der Waals surface area contributed by atoms with Gasteiger partial charge in [-0.05, 0) is 44.1 Å². The van der Waals surface area contributed by atoms with Crippen molar-refractivity contribution in [3.05, 3.63) is 36.1 Å². The molecule has 0 aliphatic heterocycles. The Bertz CT molecular complexity index is 684. The second-order valence-electron chi connectivity index (χ2n) is 6.13. The Morgan fingerprint density at radius 3 is 2.74 bits per heavy atom. The molecule has 0 radical (unpaired) electrons. The molecule has 5 nitrogen and oxygen atoms in total. The van der Waals surface area contributed by atoms with Crippen molar-refractivity contribution in [3.8, 4) is 11.6 Å². The molecule has 0 spiro atoms. The SMILES string of the molecule is CCc1c(O)c(O)n(CCCn2ccnc2)c1C1=CCCCC1. The van der Waals surface area contributed by atoms with Crippen molar-refractivity contribution in [3.63, 3.8) is 0 Å². The van der Waals surface area contributed by atoms with Gasteiger partial charge in [-0.25, -0.2) is 4.98 Å². The smallest absolute Gasteiger partial charge is 0.235 e. The second-order valence-corrected chi connectivity index (χ2v) is 6.13. The van der Waals surface area contributed by atoms with E-state index < -0.39 is 0 Å². The quantitative estimate of drug-likeness (QED) is 0.854. The predicted octanol–water partition coefficient (Wildman–Crippen LogP) is 3.71. The maximum absolute atomic E-state index is 10.4. The van der Waals surface area contributed by atoms with Gasteiger partial charge in [0.15, 0.2) is 5.75 Å². The highest BCUT2D eigenvalue weighted by Gasteiger charge is 2.23. The molecule has 0 saturated carbocycles.